The second-order valence-corrected chi connectivity index (χ2v) is 4.57. The quantitative estimate of drug-likeness (QED) is 0.890. The molecule has 0 fully saturated rings. The standard InChI is InChI=1S/C16H16O2/c1-11-7-8-13(12(2)9-11)10-14-5-3-4-6-15(14)16(17)18/h3-9H,10H2,1-2H3,(H,17,18). The summed E-state index contributed by atoms with van der Waals surface area (Å²) in [5.41, 5.74) is 4.85. The van der Waals surface area contributed by atoms with Gasteiger partial charge in [0, 0.05) is 0 Å². The fourth-order valence-electron chi connectivity index (χ4n) is 2.13. The lowest BCUT2D eigenvalue weighted by Crippen LogP contribution is -2.03. The Morgan fingerprint density at radius 3 is 2.44 bits per heavy atom. The van der Waals surface area contributed by atoms with Crippen molar-refractivity contribution >= 4 is 5.97 Å². The van der Waals surface area contributed by atoms with E-state index in [1.807, 2.05) is 12.1 Å². The highest BCUT2D eigenvalue weighted by Crippen LogP contribution is 2.18. The maximum absolute atomic E-state index is 11.2. The first-order valence-corrected chi connectivity index (χ1v) is 5.95. The molecule has 0 aliphatic rings. The summed E-state index contributed by atoms with van der Waals surface area (Å²) in [4.78, 5) is 11.2. The van der Waals surface area contributed by atoms with Crippen molar-refractivity contribution in [1.29, 1.82) is 0 Å². The largest absolute Gasteiger partial charge is 0.478 e. The molecular formula is C16H16O2. The molecule has 2 aromatic rings. The lowest BCUT2D eigenvalue weighted by Gasteiger charge is -2.09. The third-order valence-corrected chi connectivity index (χ3v) is 3.13. The van der Waals surface area contributed by atoms with Crippen LogP contribution >= 0.6 is 0 Å². The summed E-state index contributed by atoms with van der Waals surface area (Å²) in [7, 11) is 0. The summed E-state index contributed by atoms with van der Waals surface area (Å²) in [5, 5.41) is 9.16. The van der Waals surface area contributed by atoms with Crippen LogP contribution in [-0.4, -0.2) is 11.1 Å². The van der Waals surface area contributed by atoms with Crippen LogP contribution in [0.15, 0.2) is 42.5 Å². The molecule has 2 nitrogen and oxygen atoms in total. The highest BCUT2D eigenvalue weighted by Gasteiger charge is 2.10. The number of carboxylic acids is 1. The Hall–Kier alpha value is -2.09. The van der Waals surface area contributed by atoms with Crippen LogP contribution in [-0.2, 0) is 6.42 Å². The van der Waals surface area contributed by atoms with Gasteiger partial charge in [0.15, 0.2) is 0 Å². The molecule has 2 rings (SSSR count). The van der Waals surface area contributed by atoms with E-state index in [1.165, 1.54) is 16.7 Å². The summed E-state index contributed by atoms with van der Waals surface area (Å²) in [6.07, 6.45) is 0.661. The van der Waals surface area contributed by atoms with Crippen LogP contribution in [0.5, 0.6) is 0 Å². The monoisotopic (exact) mass is 240 g/mol. The van der Waals surface area contributed by atoms with Gasteiger partial charge in [0.1, 0.15) is 0 Å². The van der Waals surface area contributed by atoms with Crippen LogP contribution < -0.4 is 0 Å². The van der Waals surface area contributed by atoms with Crippen LogP contribution in [0, 0.1) is 13.8 Å². The minimum absolute atomic E-state index is 0.387. The number of hydrogen-bond acceptors (Lipinski definition) is 1. The third-order valence-electron chi connectivity index (χ3n) is 3.13. The average molecular weight is 240 g/mol. The molecule has 0 aliphatic carbocycles. The number of aryl methyl sites for hydroxylation is 2. The van der Waals surface area contributed by atoms with Gasteiger partial charge in [0.05, 0.1) is 5.56 Å². The second kappa shape index (κ2) is 5.05. The number of hydrogen-bond donors (Lipinski definition) is 1. The van der Waals surface area contributed by atoms with Gasteiger partial charge in [-0.05, 0) is 43.0 Å². The molecule has 0 aliphatic heterocycles. The molecule has 92 valence electrons. The molecule has 0 saturated carbocycles. The predicted molar refractivity (Wildman–Crippen MR) is 72.1 cm³/mol. The van der Waals surface area contributed by atoms with Gasteiger partial charge >= 0.3 is 5.97 Å². The van der Waals surface area contributed by atoms with Gasteiger partial charge in [-0.1, -0.05) is 42.0 Å². The average Bonchev–Trinajstić information content (AvgIpc) is 2.33. The van der Waals surface area contributed by atoms with E-state index in [0.717, 1.165) is 5.56 Å². The number of carboxylic acid groups (broad SMARTS) is 1. The number of benzene rings is 2. The van der Waals surface area contributed by atoms with Crippen LogP contribution in [0.3, 0.4) is 0 Å². The first-order valence-electron chi connectivity index (χ1n) is 5.95. The van der Waals surface area contributed by atoms with Gasteiger partial charge in [0.25, 0.3) is 0 Å². The molecule has 0 spiro atoms. The highest BCUT2D eigenvalue weighted by molar-refractivity contribution is 5.89. The smallest absolute Gasteiger partial charge is 0.335 e. The Kier molecular flexibility index (Phi) is 3.47. The van der Waals surface area contributed by atoms with E-state index >= 15 is 0 Å². The topological polar surface area (TPSA) is 37.3 Å². The molecule has 2 heteroatoms. The van der Waals surface area contributed by atoms with Crippen molar-refractivity contribution in [2.75, 3.05) is 0 Å². The van der Waals surface area contributed by atoms with Crippen LogP contribution in [0.1, 0.15) is 32.6 Å². The Morgan fingerprint density at radius 1 is 1.06 bits per heavy atom. The zero-order valence-electron chi connectivity index (χ0n) is 10.6. The molecule has 0 aromatic heterocycles. The lowest BCUT2D eigenvalue weighted by molar-refractivity contribution is 0.0696. The Morgan fingerprint density at radius 2 is 1.78 bits per heavy atom. The maximum Gasteiger partial charge on any atom is 0.335 e. The van der Waals surface area contributed by atoms with Gasteiger partial charge in [-0.3, -0.25) is 0 Å². The summed E-state index contributed by atoms with van der Waals surface area (Å²) in [6, 6.07) is 13.4. The Bertz CT molecular complexity index is 585. The molecule has 2 aromatic carbocycles. The Labute approximate surface area is 107 Å². The van der Waals surface area contributed by atoms with E-state index in [-0.39, 0.29) is 0 Å². The van der Waals surface area contributed by atoms with Crippen LogP contribution in [0.25, 0.3) is 0 Å². The van der Waals surface area contributed by atoms with Crippen molar-refractivity contribution in [2.45, 2.75) is 20.3 Å². The van der Waals surface area contributed by atoms with E-state index < -0.39 is 5.97 Å². The Balaban J connectivity index is 2.37. The van der Waals surface area contributed by atoms with Crippen molar-refractivity contribution in [1.82, 2.24) is 0 Å². The van der Waals surface area contributed by atoms with Gasteiger partial charge in [-0.2, -0.15) is 0 Å². The zero-order chi connectivity index (χ0) is 13.1. The van der Waals surface area contributed by atoms with Gasteiger partial charge in [-0.25, -0.2) is 4.79 Å². The van der Waals surface area contributed by atoms with Gasteiger partial charge in [-0.15, -0.1) is 0 Å². The highest BCUT2D eigenvalue weighted by atomic mass is 16.4. The van der Waals surface area contributed by atoms with Gasteiger partial charge < -0.3 is 5.11 Å². The fourth-order valence-corrected chi connectivity index (χ4v) is 2.13. The second-order valence-electron chi connectivity index (χ2n) is 4.57. The van der Waals surface area contributed by atoms with Crippen molar-refractivity contribution in [3.8, 4) is 0 Å². The first-order chi connectivity index (χ1) is 8.58. The van der Waals surface area contributed by atoms with Crippen LogP contribution in [0.4, 0.5) is 0 Å². The molecule has 0 amide bonds. The molecule has 0 bridgehead atoms. The minimum Gasteiger partial charge on any atom is -0.478 e. The van der Waals surface area contributed by atoms with Gasteiger partial charge in [0.2, 0.25) is 0 Å². The van der Waals surface area contributed by atoms with Crippen LogP contribution in [0.2, 0.25) is 0 Å². The van der Waals surface area contributed by atoms with E-state index in [4.69, 9.17) is 5.11 Å². The van der Waals surface area contributed by atoms with E-state index in [9.17, 15) is 4.79 Å². The van der Waals surface area contributed by atoms with Crippen molar-refractivity contribution < 1.29 is 9.90 Å². The van der Waals surface area contributed by atoms with Crippen molar-refractivity contribution in [3.05, 3.63) is 70.3 Å². The van der Waals surface area contributed by atoms with Crippen molar-refractivity contribution in [3.63, 3.8) is 0 Å². The minimum atomic E-state index is -0.865. The maximum atomic E-state index is 11.2. The number of carbonyl (C=O) groups is 1. The summed E-state index contributed by atoms with van der Waals surface area (Å²) in [5.74, 6) is -0.865. The van der Waals surface area contributed by atoms with E-state index in [0.29, 0.717) is 12.0 Å². The van der Waals surface area contributed by atoms with E-state index in [2.05, 4.69) is 32.0 Å². The summed E-state index contributed by atoms with van der Waals surface area (Å²) >= 11 is 0. The van der Waals surface area contributed by atoms with E-state index in [1.54, 1.807) is 12.1 Å². The number of rotatable bonds is 3. The normalized spacial score (nSPS) is 10.3. The summed E-state index contributed by atoms with van der Waals surface area (Å²) < 4.78 is 0. The molecular weight excluding hydrogens is 224 g/mol. The molecule has 1 N–H and O–H groups in total. The molecule has 0 heterocycles. The lowest BCUT2D eigenvalue weighted by atomic mass is 9.96. The zero-order valence-corrected chi connectivity index (χ0v) is 10.6. The SMILES string of the molecule is Cc1ccc(Cc2ccccc2C(=O)O)c(C)c1. The molecule has 18 heavy (non-hydrogen) atoms. The molecule has 0 atom stereocenters. The molecule has 0 unspecified atom stereocenters. The summed E-state index contributed by atoms with van der Waals surface area (Å²) in [6.45, 7) is 4.12. The third kappa shape index (κ3) is 2.59. The predicted octanol–water partition coefficient (Wildman–Crippen LogP) is 3.59. The number of aromatic carboxylic acids is 1. The van der Waals surface area contributed by atoms with Crippen molar-refractivity contribution in [2.24, 2.45) is 0 Å². The molecule has 0 radical (unpaired) electrons. The fraction of sp³-hybridized carbons (Fsp3) is 0.188. The molecule has 0 saturated heterocycles. The first kappa shape index (κ1) is 12.4.